The summed E-state index contributed by atoms with van der Waals surface area (Å²) in [5.74, 6) is -0.672. The molecule has 2 N–H and O–H groups in total. The molecule has 5 nitrogen and oxygen atoms in total. The second-order valence-electron chi connectivity index (χ2n) is 2.76. The molecule has 0 atom stereocenters. The van der Waals surface area contributed by atoms with Gasteiger partial charge in [0.2, 0.25) is 0 Å². The molecule has 0 saturated heterocycles. The Hall–Kier alpha value is -1.69. The Labute approximate surface area is 78.5 Å². The van der Waals surface area contributed by atoms with Crippen LogP contribution in [-0.4, -0.2) is 22.6 Å². The number of nitrogens with one attached hydrogen (secondary N) is 1. The first-order valence-corrected chi connectivity index (χ1v) is 3.93. The van der Waals surface area contributed by atoms with Gasteiger partial charge in [-0.3, -0.25) is 4.79 Å². The fourth-order valence-corrected chi connectivity index (χ4v) is 1.13. The molecule has 2 heterocycles. The Bertz CT molecular complexity index is 394. The van der Waals surface area contributed by atoms with Crippen molar-refractivity contribution < 1.29 is 19.0 Å². The minimum absolute atomic E-state index is 0.116. The van der Waals surface area contributed by atoms with Gasteiger partial charge >= 0.3 is 0 Å². The predicted molar refractivity (Wildman–Crippen MR) is 44.2 cm³/mol. The van der Waals surface area contributed by atoms with Crippen LogP contribution in [-0.2, 0) is 11.4 Å². The Balaban J connectivity index is 2.46. The average Bonchev–Trinajstić information content (AvgIpc) is 2.17. The minimum atomic E-state index is -0.651. The number of aromatic nitrogens is 1. The lowest BCUT2D eigenvalue weighted by Crippen LogP contribution is -2.26. The molecular weight excluding hydrogens is 191 g/mol. The van der Waals surface area contributed by atoms with E-state index in [1.54, 1.807) is 0 Å². The third kappa shape index (κ3) is 1.39. The number of fused-ring (bicyclic) bond motifs is 1. The number of amides is 1. The predicted octanol–water partition coefficient (Wildman–Crippen LogP) is 0.0439. The summed E-state index contributed by atoms with van der Waals surface area (Å²) in [7, 11) is 0. The molecule has 0 aliphatic carbocycles. The maximum Gasteiger partial charge on any atom is 0.263 e. The average molecular weight is 198 g/mol. The summed E-state index contributed by atoms with van der Waals surface area (Å²) >= 11 is 0. The summed E-state index contributed by atoms with van der Waals surface area (Å²) in [4.78, 5) is 14.6. The van der Waals surface area contributed by atoms with Gasteiger partial charge in [-0.25, -0.2) is 9.37 Å². The van der Waals surface area contributed by atoms with E-state index in [0.717, 1.165) is 6.07 Å². The Morgan fingerprint density at radius 3 is 3.21 bits per heavy atom. The van der Waals surface area contributed by atoms with Gasteiger partial charge in [-0.1, -0.05) is 0 Å². The number of rotatable bonds is 1. The van der Waals surface area contributed by atoms with Crippen LogP contribution in [0.25, 0.3) is 0 Å². The summed E-state index contributed by atoms with van der Waals surface area (Å²) in [5, 5.41) is 11.1. The summed E-state index contributed by atoms with van der Waals surface area (Å²) in [6.45, 7) is -0.665. The number of ether oxygens (including phenoxy) is 1. The highest BCUT2D eigenvalue weighted by Crippen LogP contribution is 2.27. The van der Waals surface area contributed by atoms with Crippen LogP contribution in [0.15, 0.2) is 6.07 Å². The van der Waals surface area contributed by atoms with E-state index in [-0.39, 0.29) is 29.8 Å². The summed E-state index contributed by atoms with van der Waals surface area (Å²) in [6, 6.07) is 1.09. The first kappa shape index (κ1) is 8.89. The van der Waals surface area contributed by atoms with Crippen LogP contribution in [0.2, 0.25) is 0 Å². The largest absolute Gasteiger partial charge is 0.480 e. The summed E-state index contributed by atoms with van der Waals surface area (Å²) in [5.41, 5.74) is -0.116. The number of pyridine rings is 1. The first-order valence-electron chi connectivity index (χ1n) is 3.93. The van der Waals surface area contributed by atoms with Crippen molar-refractivity contribution >= 4 is 11.7 Å². The maximum atomic E-state index is 13.1. The Kier molecular flexibility index (Phi) is 2.05. The van der Waals surface area contributed by atoms with Gasteiger partial charge in [0, 0.05) is 6.07 Å². The van der Waals surface area contributed by atoms with Crippen molar-refractivity contribution in [1.29, 1.82) is 0 Å². The fourth-order valence-electron chi connectivity index (χ4n) is 1.13. The third-order valence-corrected chi connectivity index (χ3v) is 1.78. The highest BCUT2D eigenvalue weighted by molar-refractivity contribution is 5.94. The van der Waals surface area contributed by atoms with Crippen LogP contribution in [0.5, 0.6) is 5.75 Å². The molecular formula is C8H7FN2O3. The van der Waals surface area contributed by atoms with Crippen molar-refractivity contribution in [3.05, 3.63) is 17.6 Å². The van der Waals surface area contributed by atoms with Crippen LogP contribution in [0, 0.1) is 5.82 Å². The number of carbonyl (C=O) groups excluding carboxylic acids is 1. The molecule has 1 aromatic rings. The van der Waals surface area contributed by atoms with E-state index in [4.69, 9.17) is 9.84 Å². The van der Waals surface area contributed by atoms with Gasteiger partial charge in [-0.05, 0) is 0 Å². The van der Waals surface area contributed by atoms with E-state index < -0.39 is 12.4 Å². The van der Waals surface area contributed by atoms with Crippen molar-refractivity contribution in [3.8, 4) is 5.75 Å². The normalized spacial score (nSPS) is 14.3. The van der Waals surface area contributed by atoms with Crippen LogP contribution >= 0.6 is 0 Å². The smallest absolute Gasteiger partial charge is 0.263 e. The second kappa shape index (κ2) is 3.22. The van der Waals surface area contributed by atoms with Gasteiger partial charge in [-0.2, -0.15) is 0 Å². The molecule has 74 valence electrons. The minimum Gasteiger partial charge on any atom is -0.480 e. The van der Waals surface area contributed by atoms with Crippen LogP contribution < -0.4 is 10.1 Å². The lowest BCUT2D eigenvalue weighted by Gasteiger charge is -2.17. The molecule has 14 heavy (non-hydrogen) atoms. The number of anilines is 1. The number of halogens is 1. The molecule has 0 saturated carbocycles. The van der Waals surface area contributed by atoms with Crippen LogP contribution in [0.3, 0.4) is 0 Å². The zero-order valence-electron chi connectivity index (χ0n) is 7.08. The van der Waals surface area contributed by atoms with Gasteiger partial charge in [0.25, 0.3) is 5.91 Å². The molecule has 0 aromatic carbocycles. The molecule has 0 fully saturated rings. The Morgan fingerprint density at radius 2 is 2.50 bits per heavy atom. The van der Waals surface area contributed by atoms with Gasteiger partial charge in [-0.15, -0.1) is 0 Å². The molecule has 0 bridgehead atoms. The van der Waals surface area contributed by atoms with Crippen molar-refractivity contribution in [2.24, 2.45) is 0 Å². The zero-order chi connectivity index (χ0) is 10.1. The number of hydrogen-bond acceptors (Lipinski definition) is 4. The van der Waals surface area contributed by atoms with E-state index in [0.29, 0.717) is 0 Å². The highest BCUT2D eigenvalue weighted by atomic mass is 19.1. The van der Waals surface area contributed by atoms with Crippen LogP contribution in [0.1, 0.15) is 5.69 Å². The van der Waals surface area contributed by atoms with Crippen LogP contribution in [0.4, 0.5) is 10.2 Å². The fraction of sp³-hybridized carbons (Fsp3) is 0.250. The van der Waals surface area contributed by atoms with Gasteiger partial charge < -0.3 is 15.2 Å². The summed E-state index contributed by atoms with van der Waals surface area (Å²) < 4.78 is 18.0. The molecule has 6 heteroatoms. The van der Waals surface area contributed by atoms with E-state index in [1.165, 1.54) is 0 Å². The topological polar surface area (TPSA) is 71.5 Å². The quantitative estimate of drug-likeness (QED) is 0.668. The number of carbonyl (C=O) groups is 1. The molecule has 0 radical (unpaired) electrons. The van der Waals surface area contributed by atoms with Gasteiger partial charge in [0.05, 0.1) is 6.61 Å². The SMILES string of the molecule is O=C1COc2cc(F)c(CO)nc2N1. The molecule has 1 amide bonds. The number of aliphatic hydroxyl groups excluding tert-OH is 1. The molecule has 2 rings (SSSR count). The van der Waals surface area contributed by atoms with Crippen molar-refractivity contribution in [3.63, 3.8) is 0 Å². The number of nitrogens with zero attached hydrogens (tertiary/aromatic N) is 1. The van der Waals surface area contributed by atoms with E-state index >= 15 is 0 Å². The molecule has 0 spiro atoms. The molecule has 1 aromatic heterocycles. The zero-order valence-corrected chi connectivity index (χ0v) is 7.08. The summed E-state index contributed by atoms with van der Waals surface area (Å²) in [6.07, 6.45) is 0. The lowest BCUT2D eigenvalue weighted by molar-refractivity contribution is -0.118. The second-order valence-corrected chi connectivity index (χ2v) is 2.76. The van der Waals surface area contributed by atoms with Gasteiger partial charge in [0.1, 0.15) is 5.69 Å². The Morgan fingerprint density at radius 1 is 1.71 bits per heavy atom. The number of hydrogen-bond donors (Lipinski definition) is 2. The van der Waals surface area contributed by atoms with E-state index in [1.807, 2.05) is 0 Å². The maximum absolute atomic E-state index is 13.1. The van der Waals surface area contributed by atoms with Crippen molar-refractivity contribution in [2.45, 2.75) is 6.61 Å². The van der Waals surface area contributed by atoms with Gasteiger partial charge in [0.15, 0.2) is 24.0 Å². The molecule has 1 aliphatic heterocycles. The number of aliphatic hydroxyl groups is 1. The highest BCUT2D eigenvalue weighted by Gasteiger charge is 2.19. The van der Waals surface area contributed by atoms with E-state index in [2.05, 4.69) is 10.3 Å². The first-order chi connectivity index (χ1) is 6.70. The van der Waals surface area contributed by atoms with Crippen molar-refractivity contribution in [1.82, 2.24) is 4.98 Å². The molecule has 1 aliphatic rings. The van der Waals surface area contributed by atoms with E-state index in [9.17, 15) is 9.18 Å². The van der Waals surface area contributed by atoms with Crippen molar-refractivity contribution in [2.75, 3.05) is 11.9 Å². The lowest BCUT2D eigenvalue weighted by atomic mass is 10.3. The molecule has 0 unspecified atom stereocenters. The third-order valence-electron chi connectivity index (χ3n) is 1.78. The standard InChI is InChI=1S/C8H7FN2O3/c9-4-1-6-8(10-5(4)2-12)11-7(13)3-14-6/h1,12H,2-3H2,(H,10,11,13). The monoisotopic (exact) mass is 198 g/mol.